The topological polar surface area (TPSA) is 176 Å². The highest BCUT2D eigenvalue weighted by Gasteiger charge is 2.25. The first kappa shape index (κ1) is 38.0. The first-order chi connectivity index (χ1) is 31.4. The van der Waals surface area contributed by atoms with Crippen LogP contribution in [0.5, 0.6) is 0 Å². The average molecular weight is 812 g/mol. The van der Waals surface area contributed by atoms with Crippen LogP contribution in [-0.4, -0.2) is 9.13 Å². The first-order valence-corrected chi connectivity index (χ1v) is 19.9. The van der Waals surface area contributed by atoms with Crippen molar-refractivity contribution in [2.24, 2.45) is 0 Å². The van der Waals surface area contributed by atoms with Crippen molar-refractivity contribution >= 4 is 43.6 Å². The van der Waals surface area contributed by atoms with E-state index >= 15 is 0 Å². The molecule has 0 aliphatic heterocycles. The highest BCUT2D eigenvalue weighted by molar-refractivity contribution is 6.13. The Bertz CT molecular complexity index is 3690. The number of hydrogen-bond acceptors (Lipinski definition) is 7. The van der Waals surface area contributed by atoms with E-state index in [-0.39, 0.29) is 11.1 Å². The molecule has 0 saturated carbocycles. The van der Waals surface area contributed by atoms with Crippen LogP contribution in [0, 0.1) is 79.3 Å². The molecule has 0 bridgehead atoms. The van der Waals surface area contributed by atoms with Gasteiger partial charge in [-0.1, -0.05) is 60.7 Å². The molecule has 0 atom stereocenters. The molecule has 0 spiro atoms. The predicted octanol–water partition coefficient (Wildman–Crippen LogP) is 12.0. The molecule has 0 aliphatic rings. The molecule has 10 rings (SSSR count). The van der Waals surface area contributed by atoms with Gasteiger partial charge in [0.05, 0.1) is 115 Å². The maximum absolute atomic E-state index is 10.9. The highest BCUT2D eigenvalue weighted by Crippen LogP contribution is 2.44. The quantitative estimate of drug-likeness (QED) is 0.166. The van der Waals surface area contributed by atoms with Crippen molar-refractivity contribution in [3.8, 4) is 87.2 Å². The van der Waals surface area contributed by atoms with Crippen LogP contribution in [-0.2, 0) is 0 Å². The average Bonchev–Trinajstić information content (AvgIpc) is 3.87. The van der Waals surface area contributed by atoms with Gasteiger partial charge < -0.3 is 9.13 Å². The van der Waals surface area contributed by atoms with E-state index in [1.165, 1.54) is 0 Å². The van der Waals surface area contributed by atoms with Gasteiger partial charge in [-0.15, -0.1) is 0 Å². The lowest BCUT2D eigenvalue weighted by atomic mass is 9.95. The zero-order valence-corrected chi connectivity index (χ0v) is 33.5. The Labute approximate surface area is 366 Å². The summed E-state index contributed by atoms with van der Waals surface area (Å²) in [6, 6.07) is 62.3. The van der Waals surface area contributed by atoms with Crippen molar-refractivity contribution in [3.05, 3.63) is 191 Å². The van der Waals surface area contributed by atoms with E-state index in [4.69, 9.17) is 0 Å². The Balaban J connectivity index is 1.37. The predicted molar refractivity (Wildman–Crippen MR) is 244 cm³/mol. The molecule has 64 heavy (non-hydrogen) atoms. The molecule has 9 nitrogen and oxygen atoms in total. The van der Waals surface area contributed by atoms with E-state index in [1.54, 1.807) is 54.6 Å². The van der Waals surface area contributed by atoms with Gasteiger partial charge in [0, 0.05) is 27.1 Å². The van der Waals surface area contributed by atoms with E-state index in [9.17, 15) is 36.8 Å². The van der Waals surface area contributed by atoms with Gasteiger partial charge in [-0.05, 0) is 119 Å². The number of benzene rings is 8. The third-order valence-electron chi connectivity index (χ3n) is 11.6. The minimum Gasteiger partial charge on any atom is -0.308 e. The molecule has 0 fully saturated rings. The Morgan fingerprint density at radius 1 is 0.266 bits per heavy atom. The lowest BCUT2D eigenvalue weighted by molar-refractivity contribution is 1.13. The molecule has 9 heteroatoms. The van der Waals surface area contributed by atoms with E-state index in [1.807, 2.05) is 97.1 Å². The summed E-state index contributed by atoms with van der Waals surface area (Å²) in [6.07, 6.45) is 0. The zero-order chi connectivity index (χ0) is 44.1. The smallest absolute Gasteiger partial charge is 0.0993 e. The van der Waals surface area contributed by atoms with Gasteiger partial charge in [-0.25, -0.2) is 0 Å². The standard InChI is InChI=1S/C55H25N9/c56-26-33-13-34(27-57)17-42(16-33)40-9-11-47-45-5-1-3-7-49(45)63(51(47)24-40)53-22-39(32-62)23-54(55(53)44-20-37(30-60)15-38(21-44)31-61)64-50-8-4-2-6-46(50)48-12-10-41(25-52(48)64)43-18-35(28-58)14-36(19-43)29-59/h1-25H. The molecule has 8 aromatic carbocycles. The zero-order valence-electron chi connectivity index (χ0n) is 33.5. The maximum atomic E-state index is 10.9. The number of hydrogen-bond donors (Lipinski definition) is 0. The summed E-state index contributed by atoms with van der Waals surface area (Å²) in [5.41, 5.74) is 10.8. The largest absolute Gasteiger partial charge is 0.308 e. The van der Waals surface area contributed by atoms with Crippen LogP contribution >= 0.6 is 0 Å². The van der Waals surface area contributed by atoms with Crippen LogP contribution in [0.4, 0.5) is 0 Å². The van der Waals surface area contributed by atoms with Crippen molar-refractivity contribution in [1.29, 1.82) is 36.8 Å². The molecule has 0 amide bonds. The fourth-order valence-corrected chi connectivity index (χ4v) is 8.89. The fourth-order valence-electron chi connectivity index (χ4n) is 8.89. The third-order valence-corrected chi connectivity index (χ3v) is 11.6. The molecule has 0 N–H and O–H groups in total. The SMILES string of the molecule is N#Cc1cc(C#N)cc(-c2ccc3c4ccccc4n(-c4cc(C#N)cc(-n5c6ccccc6c6ccc(-c7cc(C#N)cc(C#N)c7)cc65)c4-c4cc(C#N)cc(C#N)c4)c3c2)c1. The van der Waals surface area contributed by atoms with Crippen molar-refractivity contribution in [2.75, 3.05) is 0 Å². The molecule has 0 aliphatic carbocycles. The number of nitrogens with zero attached hydrogens (tertiary/aromatic N) is 9. The van der Waals surface area contributed by atoms with Gasteiger partial charge in [0.25, 0.3) is 0 Å². The van der Waals surface area contributed by atoms with E-state index in [0.29, 0.717) is 61.4 Å². The van der Waals surface area contributed by atoms with Gasteiger partial charge in [-0.2, -0.15) is 36.8 Å². The van der Waals surface area contributed by atoms with Crippen LogP contribution in [0.3, 0.4) is 0 Å². The van der Waals surface area contributed by atoms with Crippen LogP contribution in [0.2, 0.25) is 0 Å². The number of aromatic nitrogens is 2. The summed E-state index contributed by atoms with van der Waals surface area (Å²) in [5.74, 6) is 0. The molecule has 2 heterocycles. The molecule has 290 valence electrons. The van der Waals surface area contributed by atoms with Gasteiger partial charge in [0.15, 0.2) is 0 Å². The number of rotatable bonds is 5. The molecule has 0 unspecified atom stereocenters. The Morgan fingerprint density at radius 3 is 0.938 bits per heavy atom. The van der Waals surface area contributed by atoms with Gasteiger partial charge in [0.1, 0.15) is 0 Å². The van der Waals surface area contributed by atoms with Crippen LogP contribution < -0.4 is 0 Å². The van der Waals surface area contributed by atoms with Crippen molar-refractivity contribution < 1.29 is 0 Å². The summed E-state index contributed by atoms with van der Waals surface area (Å²) in [5, 5.41) is 74.6. The number of nitriles is 7. The van der Waals surface area contributed by atoms with E-state index in [2.05, 4.69) is 51.6 Å². The second-order valence-corrected chi connectivity index (χ2v) is 15.2. The molecule has 0 radical (unpaired) electrons. The molecule has 0 saturated heterocycles. The lowest BCUT2D eigenvalue weighted by Gasteiger charge is -2.21. The van der Waals surface area contributed by atoms with Crippen molar-refractivity contribution in [1.82, 2.24) is 9.13 Å². The summed E-state index contributed by atoms with van der Waals surface area (Å²) < 4.78 is 4.18. The van der Waals surface area contributed by atoms with Crippen LogP contribution in [0.1, 0.15) is 38.9 Å². The lowest BCUT2D eigenvalue weighted by Crippen LogP contribution is -2.05. The maximum Gasteiger partial charge on any atom is 0.0993 e. The molecule has 10 aromatic rings. The summed E-state index contributed by atoms with van der Waals surface area (Å²) in [7, 11) is 0. The third kappa shape index (κ3) is 6.12. The second-order valence-electron chi connectivity index (χ2n) is 15.2. The van der Waals surface area contributed by atoms with E-state index in [0.717, 1.165) is 54.7 Å². The first-order valence-electron chi connectivity index (χ1n) is 19.9. The Kier molecular flexibility index (Phi) is 8.98. The molecule has 2 aromatic heterocycles. The molecular weight excluding hydrogens is 787 g/mol. The summed E-state index contributed by atoms with van der Waals surface area (Å²) in [6.45, 7) is 0. The van der Waals surface area contributed by atoms with Crippen LogP contribution in [0.15, 0.2) is 152 Å². The Morgan fingerprint density at radius 2 is 0.578 bits per heavy atom. The highest BCUT2D eigenvalue weighted by atomic mass is 15.0. The second kappa shape index (κ2) is 15.1. The molecular formula is C55H25N9. The summed E-state index contributed by atoms with van der Waals surface area (Å²) in [4.78, 5) is 0. The van der Waals surface area contributed by atoms with Gasteiger partial charge in [-0.3, -0.25) is 0 Å². The fraction of sp³-hybridized carbons (Fsp3) is 0. The minimum atomic E-state index is 0.278. The van der Waals surface area contributed by atoms with Crippen molar-refractivity contribution in [2.45, 2.75) is 0 Å². The number of para-hydroxylation sites is 2. The normalized spacial score (nSPS) is 10.7. The Hall–Kier alpha value is -10.2. The monoisotopic (exact) mass is 811 g/mol. The number of fused-ring (bicyclic) bond motifs is 6. The van der Waals surface area contributed by atoms with Crippen LogP contribution in [0.25, 0.3) is 88.4 Å². The summed E-state index contributed by atoms with van der Waals surface area (Å²) >= 11 is 0. The van der Waals surface area contributed by atoms with E-state index < -0.39 is 0 Å². The van der Waals surface area contributed by atoms with Crippen molar-refractivity contribution in [3.63, 3.8) is 0 Å². The van der Waals surface area contributed by atoms with Gasteiger partial charge >= 0.3 is 0 Å². The van der Waals surface area contributed by atoms with Gasteiger partial charge in [0.2, 0.25) is 0 Å². The minimum absolute atomic E-state index is 0.278.